The lowest BCUT2D eigenvalue weighted by Gasteiger charge is -2.36. The normalized spacial score (nSPS) is 16.0. The number of nitrogens with one attached hydrogen (secondary N) is 1. The number of halogens is 1. The number of anilines is 1. The average molecular weight is 380 g/mol. The smallest absolute Gasteiger partial charge is 0.410 e. The van der Waals surface area contributed by atoms with Crippen LogP contribution in [0.15, 0.2) is 28.9 Å². The van der Waals surface area contributed by atoms with Gasteiger partial charge in [-0.2, -0.15) is 0 Å². The van der Waals surface area contributed by atoms with Crippen LogP contribution in [0, 0.1) is 0 Å². The van der Waals surface area contributed by atoms with E-state index in [0.717, 1.165) is 23.1 Å². The van der Waals surface area contributed by atoms with Crippen molar-refractivity contribution in [3.8, 4) is 0 Å². The van der Waals surface area contributed by atoms with Gasteiger partial charge in [-0.05, 0) is 39.0 Å². The summed E-state index contributed by atoms with van der Waals surface area (Å²) in [5, 5.41) is 1.21. The van der Waals surface area contributed by atoms with Crippen LogP contribution in [0.3, 0.4) is 0 Å². The van der Waals surface area contributed by atoms with E-state index in [2.05, 4.69) is 44.0 Å². The third kappa shape index (κ3) is 3.63. The zero-order chi connectivity index (χ0) is 16.6. The fourth-order valence-corrected chi connectivity index (χ4v) is 3.16. The number of rotatable bonds is 1. The molecule has 5 nitrogen and oxygen atoms in total. The van der Waals surface area contributed by atoms with Crippen molar-refractivity contribution in [3.05, 3.63) is 28.9 Å². The Hall–Kier alpha value is -1.69. The summed E-state index contributed by atoms with van der Waals surface area (Å²) in [4.78, 5) is 19.5. The van der Waals surface area contributed by atoms with Crippen molar-refractivity contribution < 1.29 is 9.53 Å². The number of hydrogen-bond acceptors (Lipinski definition) is 3. The highest BCUT2D eigenvalue weighted by Gasteiger charge is 2.26. The van der Waals surface area contributed by atoms with E-state index in [-0.39, 0.29) is 6.09 Å². The maximum atomic E-state index is 12.1. The van der Waals surface area contributed by atoms with E-state index in [4.69, 9.17) is 4.74 Å². The summed E-state index contributed by atoms with van der Waals surface area (Å²) in [7, 11) is 0. The van der Waals surface area contributed by atoms with Gasteiger partial charge in [-0.15, -0.1) is 0 Å². The zero-order valence-electron chi connectivity index (χ0n) is 13.7. The van der Waals surface area contributed by atoms with E-state index in [9.17, 15) is 4.79 Å². The van der Waals surface area contributed by atoms with Crippen LogP contribution in [-0.4, -0.2) is 47.8 Å². The van der Waals surface area contributed by atoms with Crippen molar-refractivity contribution in [2.24, 2.45) is 0 Å². The first-order valence-corrected chi connectivity index (χ1v) is 8.62. The van der Waals surface area contributed by atoms with Crippen LogP contribution in [0.1, 0.15) is 20.8 Å². The zero-order valence-corrected chi connectivity index (χ0v) is 15.3. The van der Waals surface area contributed by atoms with E-state index in [1.54, 1.807) is 4.90 Å². The number of ether oxygens (including phenoxy) is 1. The molecule has 0 aliphatic carbocycles. The predicted octanol–water partition coefficient (Wildman–Crippen LogP) is 3.99. The number of aromatic amines is 1. The lowest BCUT2D eigenvalue weighted by atomic mass is 10.2. The molecule has 0 saturated carbocycles. The Morgan fingerprint density at radius 3 is 2.57 bits per heavy atom. The maximum absolute atomic E-state index is 12.1. The molecule has 0 bridgehead atoms. The molecule has 1 saturated heterocycles. The van der Waals surface area contributed by atoms with Gasteiger partial charge in [-0.1, -0.05) is 15.9 Å². The van der Waals surface area contributed by atoms with E-state index < -0.39 is 5.60 Å². The first-order valence-electron chi connectivity index (χ1n) is 7.83. The molecule has 0 atom stereocenters. The Balaban J connectivity index is 1.67. The van der Waals surface area contributed by atoms with Gasteiger partial charge in [0.05, 0.1) is 5.69 Å². The number of nitrogens with zero attached hydrogens (tertiary/aromatic N) is 2. The second kappa shape index (κ2) is 6.07. The molecule has 1 N–H and O–H groups in total. The molecule has 23 heavy (non-hydrogen) atoms. The van der Waals surface area contributed by atoms with E-state index in [1.165, 1.54) is 11.1 Å². The van der Waals surface area contributed by atoms with Gasteiger partial charge >= 0.3 is 6.09 Å². The number of carbonyl (C=O) groups is 1. The Kier molecular flexibility index (Phi) is 4.27. The van der Waals surface area contributed by atoms with Crippen molar-refractivity contribution in [1.82, 2.24) is 9.88 Å². The first kappa shape index (κ1) is 16.2. The molecule has 0 radical (unpaired) electrons. The summed E-state index contributed by atoms with van der Waals surface area (Å²) in [6, 6.07) is 6.25. The molecular formula is C17H22BrN3O2. The molecule has 2 aromatic rings. The standard InChI is InChI=1S/C17H22BrN3O2/c1-17(2,3)23-16(22)21-8-6-20(7-9-21)15-11-19-14-10-12(18)4-5-13(14)15/h4-5,10-11,19H,6-9H2,1-3H3. The SMILES string of the molecule is CC(C)(C)OC(=O)N1CCN(c2c[nH]c3cc(Br)ccc23)CC1. The minimum atomic E-state index is -0.446. The molecule has 6 heteroatoms. The molecular weight excluding hydrogens is 358 g/mol. The second-order valence-electron chi connectivity index (χ2n) is 6.82. The quantitative estimate of drug-likeness (QED) is 0.814. The summed E-state index contributed by atoms with van der Waals surface area (Å²) >= 11 is 3.49. The van der Waals surface area contributed by atoms with Gasteiger partial charge in [0.2, 0.25) is 0 Å². The summed E-state index contributed by atoms with van der Waals surface area (Å²) in [5.74, 6) is 0. The van der Waals surface area contributed by atoms with Gasteiger partial charge in [-0.3, -0.25) is 0 Å². The van der Waals surface area contributed by atoms with Crippen LogP contribution in [0.5, 0.6) is 0 Å². The Bertz CT molecular complexity index is 712. The fourth-order valence-electron chi connectivity index (χ4n) is 2.80. The molecule has 1 aromatic carbocycles. The fraction of sp³-hybridized carbons (Fsp3) is 0.471. The number of hydrogen-bond donors (Lipinski definition) is 1. The minimum Gasteiger partial charge on any atom is -0.444 e. The van der Waals surface area contributed by atoms with E-state index in [0.29, 0.717) is 13.1 Å². The number of benzene rings is 1. The first-order chi connectivity index (χ1) is 10.8. The number of carbonyl (C=O) groups excluding carboxylic acids is 1. The van der Waals surface area contributed by atoms with Crippen molar-refractivity contribution in [2.45, 2.75) is 26.4 Å². The van der Waals surface area contributed by atoms with Gasteiger partial charge < -0.3 is 19.5 Å². The van der Waals surface area contributed by atoms with Crippen LogP contribution < -0.4 is 4.90 Å². The summed E-state index contributed by atoms with van der Waals surface area (Å²) in [6.07, 6.45) is 1.82. The summed E-state index contributed by atoms with van der Waals surface area (Å²) in [5.41, 5.74) is 1.86. The Morgan fingerprint density at radius 1 is 1.22 bits per heavy atom. The molecule has 1 fully saturated rings. The summed E-state index contributed by atoms with van der Waals surface area (Å²) in [6.45, 7) is 8.66. The van der Waals surface area contributed by atoms with Crippen LogP contribution >= 0.6 is 15.9 Å². The number of H-pyrrole nitrogens is 1. The highest BCUT2D eigenvalue weighted by atomic mass is 79.9. The molecule has 1 amide bonds. The third-order valence-corrected chi connectivity index (χ3v) is 4.39. The molecule has 0 spiro atoms. The van der Waals surface area contributed by atoms with E-state index >= 15 is 0 Å². The lowest BCUT2D eigenvalue weighted by molar-refractivity contribution is 0.0241. The predicted molar refractivity (Wildman–Crippen MR) is 96.0 cm³/mol. The van der Waals surface area contributed by atoms with Crippen molar-refractivity contribution in [1.29, 1.82) is 0 Å². The number of amides is 1. The summed E-state index contributed by atoms with van der Waals surface area (Å²) < 4.78 is 6.51. The number of piperazine rings is 1. The number of aromatic nitrogens is 1. The molecule has 2 heterocycles. The lowest BCUT2D eigenvalue weighted by Crippen LogP contribution is -2.50. The monoisotopic (exact) mass is 379 g/mol. The van der Waals surface area contributed by atoms with Gasteiger partial charge in [-0.25, -0.2) is 4.79 Å². The van der Waals surface area contributed by atoms with Gasteiger partial charge in [0.15, 0.2) is 0 Å². The van der Waals surface area contributed by atoms with Crippen molar-refractivity contribution in [2.75, 3.05) is 31.1 Å². The van der Waals surface area contributed by atoms with Gasteiger partial charge in [0, 0.05) is 47.8 Å². The molecule has 0 unspecified atom stereocenters. The van der Waals surface area contributed by atoms with Crippen LogP contribution in [0.25, 0.3) is 10.9 Å². The largest absolute Gasteiger partial charge is 0.444 e. The topological polar surface area (TPSA) is 48.6 Å². The maximum Gasteiger partial charge on any atom is 0.410 e. The molecule has 1 aromatic heterocycles. The third-order valence-electron chi connectivity index (χ3n) is 3.89. The minimum absolute atomic E-state index is 0.222. The van der Waals surface area contributed by atoms with E-state index in [1.807, 2.05) is 27.0 Å². The molecule has 1 aliphatic rings. The Morgan fingerprint density at radius 2 is 1.91 bits per heavy atom. The van der Waals surface area contributed by atoms with Crippen molar-refractivity contribution >= 4 is 38.6 Å². The molecule has 124 valence electrons. The Labute approximate surface area is 144 Å². The molecule has 3 rings (SSSR count). The van der Waals surface area contributed by atoms with Crippen LogP contribution in [0.2, 0.25) is 0 Å². The van der Waals surface area contributed by atoms with Gasteiger partial charge in [0.25, 0.3) is 0 Å². The second-order valence-corrected chi connectivity index (χ2v) is 7.73. The highest BCUT2D eigenvalue weighted by Crippen LogP contribution is 2.29. The number of fused-ring (bicyclic) bond motifs is 1. The highest BCUT2D eigenvalue weighted by molar-refractivity contribution is 9.10. The van der Waals surface area contributed by atoms with Crippen molar-refractivity contribution in [3.63, 3.8) is 0 Å². The van der Waals surface area contributed by atoms with Crippen LogP contribution in [0.4, 0.5) is 10.5 Å². The average Bonchev–Trinajstić information content (AvgIpc) is 2.88. The van der Waals surface area contributed by atoms with Gasteiger partial charge in [0.1, 0.15) is 5.60 Å². The molecule has 1 aliphatic heterocycles. The van der Waals surface area contributed by atoms with Crippen LogP contribution in [-0.2, 0) is 4.74 Å².